The first kappa shape index (κ1) is 56.4. The molecule has 0 aromatic carbocycles. The molecule has 160 valence electrons. The molecule has 0 aromatic heterocycles. The summed E-state index contributed by atoms with van der Waals surface area (Å²) >= 11 is 0. The lowest BCUT2D eigenvalue weighted by molar-refractivity contribution is 3.18. The molecule has 0 N–H and O–H groups in total. The summed E-state index contributed by atoms with van der Waals surface area (Å²) in [7, 11) is 176. The quantitative estimate of drug-likeness (QED) is 0.0954. The molecule has 0 unspecified atom stereocenters. The largest absolute Gasteiger partial charge is 0.690 e. The summed E-state index contributed by atoms with van der Waals surface area (Å²) < 4.78 is 0. The smallest absolute Gasteiger partial charge is 0.0000000000000000739 e. The van der Waals surface area contributed by atoms with Crippen molar-refractivity contribution in [3.63, 3.8) is 0 Å². The van der Waals surface area contributed by atoms with Gasteiger partial charge < -0.3 is 7.74 Å². The highest BCUT2D eigenvalue weighted by Gasteiger charge is 2.60. The molecule has 0 aliphatic heterocycles. The monoisotopic (exact) mass is 583 g/mol. The van der Waals surface area contributed by atoms with E-state index < -0.39 is 160 Å². The summed E-state index contributed by atoms with van der Waals surface area (Å²) in [6, 6.07) is 0. The van der Waals surface area contributed by atoms with Crippen molar-refractivity contribution in [2.45, 2.75) is 0 Å². The average molecular weight is 573 g/mol. The van der Waals surface area contributed by atoms with Gasteiger partial charge in [0.1, 0.15) is 0 Å². The fraction of sp³-hybridized carbons (Fsp3) is 0. The highest BCUT2D eigenvalue weighted by Crippen LogP contribution is 2.22. The molecule has 56 radical (unpaired) electrons. The summed E-state index contributed by atoms with van der Waals surface area (Å²) in [6.45, 7) is 0. The third-order valence-corrected chi connectivity index (χ3v) is 10.9. The van der Waals surface area contributed by atoms with Gasteiger partial charge in [0.25, 0.3) is 0 Å². The minimum Gasteiger partial charge on any atom is -0.690 e. The Morgan fingerprint density at radius 2 is 0.321 bits per heavy atom. The van der Waals surface area contributed by atoms with Crippen LogP contribution in [-0.4, -0.2) is 376 Å². The van der Waals surface area contributed by atoms with Crippen LogP contribution in [0.25, 0.3) is 0 Å². The highest BCUT2D eigenvalue weighted by molar-refractivity contribution is 8.36. The molecule has 0 amide bonds. The van der Waals surface area contributed by atoms with Crippen LogP contribution in [0.2, 0.25) is 0 Å². The molecule has 0 aliphatic rings. The van der Waals surface area contributed by atoms with Gasteiger partial charge in [-0.15, -0.1) is 0 Å². The molecule has 0 rings (SSSR count). The molecular weight excluding hydrogens is 573 g/mol. The molecule has 53 heteroatoms. The van der Waals surface area contributed by atoms with E-state index in [4.69, 9.17) is 209 Å². The first-order valence-electron chi connectivity index (χ1n) is 17.3. The fourth-order valence-electron chi connectivity index (χ4n) is 8.98. The van der Waals surface area contributed by atoms with Crippen LogP contribution in [0, 0.1) is 0 Å². The minimum absolute atomic E-state index is 1.11. The summed E-state index contributed by atoms with van der Waals surface area (Å²) in [4.78, 5) is 0. The van der Waals surface area contributed by atoms with Gasteiger partial charge in [0, 0.05) is 0 Å². The van der Waals surface area contributed by atoms with Crippen molar-refractivity contribution in [1.29, 1.82) is 0 Å². The first-order valence-corrected chi connectivity index (χ1v) is 17.3. The van der Waals surface area contributed by atoms with Gasteiger partial charge in [-0.05, 0) is 361 Å². The Labute approximate surface area is 372 Å². The summed E-state index contributed by atoms with van der Waals surface area (Å²) in [5.41, 5.74) is 0. The molecule has 0 heterocycles. The lowest BCUT2D eigenvalue weighted by Crippen LogP contribution is -2.95. The maximum Gasteiger partial charge on any atom is -0.0000000000000000739 e. The maximum absolute atomic E-state index is 6.56. The van der Waals surface area contributed by atoms with E-state index in [1.807, 2.05) is 0 Å². The standard InChI is InChI=1S/B53/c1-28-42(29(2)3)49(43(30(4)5)31(6)7)52(48(40(24)25)41(26)27)53(50(44(32(8)9)33(10)11)45(34(12)13)35(14)15)51(46(36(16)17)37(18)19)47(38(20)21)39(22)23/q-1. The average Bonchev–Trinajstić information content (AvgIpc) is 2.93. The second-order valence-corrected chi connectivity index (χ2v) is 14.6. The van der Waals surface area contributed by atoms with Crippen LogP contribution in [0.1, 0.15) is 0 Å². The van der Waals surface area contributed by atoms with Gasteiger partial charge in [-0.2, -0.15) is 0 Å². The second-order valence-electron chi connectivity index (χ2n) is 14.6. The van der Waals surface area contributed by atoms with E-state index in [1.54, 1.807) is 0 Å². The fourth-order valence-corrected chi connectivity index (χ4v) is 8.98. The van der Waals surface area contributed by atoms with E-state index in [1.165, 1.54) is 7.06 Å². The van der Waals surface area contributed by atoms with Crippen LogP contribution in [-0.2, 0) is 0 Å². The molecule has 0 bridgehead atoms. The van der Waals surface area contributed by atoms with Gasteiger partial charge in [-0.3, -0.25) is 7.06 Å². The third kappa shape index (κ3) is 15.4. The Hall–Kier alpha value is 3.44. The molecule has 0 saturated carbocycles. The molecular formula is B53-. The van der Waals surface area contributed by atoms with Gasteiger partial charge in [0.2, 0.25) is 0 Å². The molecule has 0 aromatic rings. The zero-order valence-electron chi connectivity index (χ0n) is 30.6. The zero-order chi connectivity index (χ0) is 42.1. The van der Waals surface area contributed by atoms with Crippen molar-refractivity contribution < 1.29 is 0 Å². The molecule has 0 aliphatic carbocycles. The highest BCUT2D eigenvalue weighted by atomic mass is 13.4. The van der Waals surface area contributed by atoms with Gasteiger partial charge in [0.15, 0.2) is 0 Å². The number of rotatable bonds is 25. The van der Waals surface area contributed by atoms with Gasteiger partial charge in [-0.1, -0.05) is 0 Å². The zero-order valence-corrected chi connectivity index (χ0v) is 30.6. The third-order valence-electron chi connectivity index (χ3n) is 10.9. The van der Waals surface area contributed by atoms with Crippen molar-refractivity contribution in [3.8, 4) is 0 Å². The van der Waals surface area contributed by atoms with Gasteiger partial charge in [0.05, 0.1) is 0 Å². The summed E-state index contributed by atoms with van der Waals surface area (Å²) in [6.07, 6.45) is -32.6. The van der Waals surface area contributed by atoms with Crippen LogP contribution < -0.4 is 0 Å². The SMILES string of the molecule is [B]B([B])B([B][B-])B(B(B([B])[B])B([B])[B])B(B(B([B])[B])B([B])[B])B(B(B(B([B])[B])B([B])[B])B(B([B])[B])B([B])[B])B(B(B([B])[B])B([B])[B])B(B([B])[B])B([B])[B]. The molecule has 0 spiro atoms. The van der Waals surface area contributed by atoms with E-state index in [9.17, 15) is 0 Å². The van der Waals surface area contributed by atoms with E-state index in [-0.39, 0.29) is 0 Å². The topological polar surface area (TPSA) is 0 Å². The predicted octanol–water partition coefficient (Wildman–Crippen LogP) is -20.2. The molecule has 0 fully saturated rings. The lowest BCUT2D eigenvalue weighted by Gasteiger charge is -2.58. The van der Waals surface area contributed by atoms with E-state index >= 15 is 0 Å². The van der Waals surface area contributed by atoms with E-state index in [0.717, 1.165) is 0 Å². The van der Waals surface area contributed by atoms with Crippen LogP contribution in [0.4, 0.5) is 0 Å². The minimum atomic E-state index is -1.40. The van der Waals surface area contributed by atoms with Crippen LogP contribution in [0.5, 0.6) is 0 Å². The molecule has 0 saturated heterocycles. The van der Waals surface area contributed by atoms with Crippen molar-refractivity contribution in [2.75, 3.05) is 0 Å². The van der Waals surface area contributed by atoms with Gasteiger partial charge in [-0.25, -0.2) is 0 Å². The Morgan fingerprint density at radius 3 is 0.453 bits per heavy atom. The predicted molar refractivity (Wildman–Crippen MR) is 305 cm³/mol. The van der Waals surface area contributed by atoms with Crippen LogP contribution in [0.15, 0.2) is 0 Å². The normalized spacial score (nSPS) is 9.68. The maximum atomic E-state index is 6.56. The second kappa shape index (κ2) is 26.0. The summed E-state index contributed by atoms with van der Waals surface area (Å²) in [5.74, 6) is 0. The number of hydrogen-bond donors (Lipinski definition) is 0. The molecule has 53 heavy (non-hydrogen) atoms. The lowest BCUT2D eigenvalue weighted by atomic mass is 8.24. The van der Waals surface area contributed by atoms with Crippen molar-refractivity contribution >= 4 is 376 Å². The van der Waals surface area contributed by atoms with Crippen molar-refractivity contribution in [2.24, 2.45) is 0 Å². The van der Waals surface area contributed by atoms with Crippen LogP contribution >= 0.6 is 0 Å². The first-order chi connectivity index (χ1) is 24.1. The van der Waals surface area contributed by atoms with Crippen molar-refractivity contribution in [3.05, 3.63) is 0 Å². The molecule has 0 nitrogen and oxygen atoms in total. The Balaban J connectivity index is 9.85. The van der Waals surface area contributed by atoms with E-state index in [2.05, 4.69) is 0 Å². The van der Waals surface area contributed by atoms with Crippen LogP contribution in [0.3, 0.4) is 0 Å². The Kier molecular flexibility index (Phi) is 27.7. The van der Waals surface area contributed by atoms with Gasteiger partial charge >= 0.3 is 0 Å². The van der Waals surface area contributed by atoms with Crippen molar-refractivity contribution in [1.82, 2.24) is 0 Å². The molecule has 0 atom stereocenters. The Morgan fingerprint density at radius 1 is 0.189 bits per heavy atom. The van der Waals surface area contributed by atoms with E-state index in [0.29, 0.717) is 0 Å². The number of hydrogen-bond acceptors (Lipinski definition) is 0. The summed E-state index contributed by atoms with van der Waals surface area (Å²) in [5, 5.41) is 0. The Bertz CT molecular complexity index is 792.